The van der Waals surface area contributed by atoms with E-state index in [0.717, 1.165) is 6.07 Å². The number of nitrogens with zero attached hydrogens (tertiary/aromatic N) is 1. The van der Waals surface area contributed by atoms with Crippen LogP contribution in [0.2, 0.25) is 0 Å². The van der Waals surface area contributed by atoms with Gasteiger partial charge in [0, 0.05) is 13.6 Å². The number of hydrogen-bond donors (Lipinski definition) is 2. The van der Waals surface area contributed by atoms with Crippen molar-refractivity contribution >= 4 is 15.9 Å². The minimum Gasteiger partial charge on any atom is -0.344 e. The molecule has 1 rings (SSSR count). The molecule has 25 heavy (non-hydrogen) atoms. The van der Waals surface area contributed by atoms with Gasteiger partial charge in [-0.15, -0.1) is 0 Å². The van der Waals surface area contributed by atoms with E-state index >= 15 is 0 Å². The van der Waals surface area contributed by atoms with Crippen LogP contribution in [0.1, 0.15) is 27.7 Å². The van der Waals surface area contributed by atoms with E-state index in [2.05, 4.69) is 4.72 Å². The topological polar surface area (TPSA) is 92.5 Å². The number of sulfonamides is 1. The summed E-state index contributed by atoms with van der Waals surface area (Å²) in [6, 6.07) is 4.07. The number of amides is 1. The van der Waals surface area contributed by atoms with Crippen molar-refractivity contribution in [3.05, 3.63) is 30.1 Å². The van der Waals surface area contributed by atoms with Crippen molar-refractivity contribution in [3.8, 4) is 0 Å². The first-order chi connectivity index (χ1) is 11.4. The fourth-order valence-electron chi connectivity index (χ4n) is 2.39. The molecule has 6 nitrogen and oxygen atoms in total. The molecule has 0 aliphatic rings. The maximum absolute atomic E-state index is 13.8. The molecule has 1 aromatic rings. The number of carbonyl (C=O) groups is 1. The molecule has 0 heterocycles. The van der Waals surface area contributed by atoms with Crippen molar-refractivity contribution in [2.45, 2.75) is 38.6 Å². The summed E-state index contributed by atoms with van der Waals surface area (Å²) in [5.74, 6) is -1.54. The number of benzene rings is 1. The largest absolute Gasteiger partial charge is 0.344 e. The Balaban J connectivity index is 3.05. The number of nitrogens with one attached hydrogen (secondary N) is 1. The number of carbonyl (C=O) groups excluding carboxylic acids is 1. The molecule has 0 aliphatic heterocycles. The third-order valence-electron chi connectivity index (χ3n) is 3.94. The fraction of sp³-hybridized carbons (Fsp3) is 0.588. The van der Waals surface area contributed by atoms with Gasteiger partial charge in [0.05, 0.1) is 0 Å². The maximum atomic E-state index is 13.8. The second-order valence-electron chi connectivity index (χ2n) is 7.34. The highest BCUT2D eigenvalue weighted by molar-refractivity contribution is 7.89. The zero-order chi connectivity index (χ0) is 19.4. The first-order valence-electron chi connectivity index (χ1n) is 8.13. The van der Waals surface area contributed by atoms with Gasteiger partial charge in [0.1, 0.15) is 16.8 Å². The highest BCUT2D eigenvalue weighted by atomic mass is 32.2. The lowest BCUT2D eigenvalue weighted by molar-refractivity contribution is -0.133. The molecule has 0 bridgehead atoms. The summed E-state index contributed by atoms with van der Waals surface area (Å²) in [6.45, 7) is 8.07. The molecule has 3 N–H and O–H groups in total. The number of hydrogen-bond acceptors (Lipinski definition) is 4. The SMILES string of the molecule is CC(C)C(NS(=O)(=O)c1ccccc1F)C(=O)N(C)CC(C)(C)CN. The average molecular weight is 373 g/mol. The third kappa shape index (κ3) is 5.76. The molecular weight excluding hydrogens is 345 g/mol. The Morgan fingerprint density at radius 1 is 1.32 bits per heavy atom. The van der Waals surface area contributed by atoms with Crippen molar-refractivity contribution in [2.24, 2.45) is 17.1 Å². The summed E-state index contributed by atoms with van der Waals surface area (Å²) >= 11 is 0. The Hall–Kier alpha value is -1.51. The molecule has 0 fully saturated rings. The van der Waals surface area contributed by atoms with Gasteiger partial charge in [0.2, 0.25) is 15.9 Å². The Morgan fingerprint density at radius 2 is 1.88 bits per heavy atom. The number of halogens is 1. The van der Waals surface area contributed by atoms with E-state index in [9.17, 15) is 17.6 Å². The second-order valence-corrected chi connectivity index (χ2v) is 9.02. The van der Waals surface area contributed by atoms with E-state index in [4.69, 9.17) is 5.73 Å². The molecule has 1 aromatic carbocycles. The van der Waals surface area contributed by atoms with Gasteiger partial charge in [-0.3, -0.25) is 4.79 Å². The van der Waals surface area contributed by atoms with Crippen LogP contribution in [0.15, 0.2) is 29.2 Å². The molecule has 0 saturated carbocycles. The summed E-state index contributed by atoms with van der Waals surface area (Å²) in [5.41, 5.74) is 5.40. The third-order valence-corrected chi connectivity index (χ3v) is 5.41. The molecule has 142 valence electrons. The second kappa shape index (κ2) is 8.25. The molecule has 1 amide bonds. The monoisotopic (exact) mass is 373 g/mol. The van der Waals surface area contributed by atoms with Crippen LogP contribution < -0.4 is 10.5 Å². The lowest BCUT2D eigenvalue weighted by Gasteiger charge is -2.32. The minimum absolute atomic E-state index is 0.295. The molecule has 1 atom stereocenters. The average Bonchev–Trinajstić information content (AvgIpc) is 2.51. The van der Waals surface area contributed by atoms with Crippen LogP contribution in [-0.4, -0.2) is 45.4 Å². The molecule has 0 aliphatic carbocycles. The van der Waals surface area contributed by atoms with Gasteiger partial charge in [-0.1, -0.05) is 39.8 Å². The molecule has 0 saturated heterocycles. The molecular formula is C17H28FN3O3S. The lowest BCUT2D eigenvalue weighted by atomic mass is 9.92. The summed E-state index contributed by atoms with van der Waals surface area (Å²) in [7, 11) is -2.56. The van der Waals surface area contributed by atoms with E-state index in [0.29, 0.717) is 13.1 Å². The Labute approximate surface area is 149 Å². The van der Waals surface area contributed by atoms with Gasteiger partial charge in [-0.25, -0.2) is 12.8 Å². The van der Waals surface area contributed by atoms with Crippen LogP contribution in [0.25, 0.3) is 0 Å². The normalized spacial score (nSPS) is 13.8. The minimum atomic E-state index is -4.16. The predicted octanol–water partition coefficient (Wildman–Crippen LogP) is 1.57. The summed E-state index contributed by atoms with van der Waals surface area (Å²) in [6.07, 6.45) is 0. The first-order valence-corrected chi connectivity index (χ1v) is 9.61. The van der Waals surface area contributed by atoms with Crippen molar-refractivity contribution in [1.29, 1.82) is 0 Å². The van der Waals surface area contributed by atoms with Gasteiger partial charge in [0.15, 0.2) is 0 Å². The number of rotatable bonds is 8. The van der Waals surface area contributed by atoms with Crippen molar-refractivity contribution in [2.75, 3.05) is 20.1 Å². The van der Waals surface area contributed by atoms with Crippen molar-refractivity contribution in [3.63, 3.8) is 0 Å². The van der Waals surface area contributed by atoms with Gasteiger partial charge in [-0.2, -0.15) is 4.72 Å². The van der Waals surface area contributed by atoms with Gasteiger partial charge in [0.25, 0.3) is 0 Å². The summed E-state index contributed by atoms with van der Waals surface area (Å²) in [4.78, 5) is 13.7. The van der Waals surface area contributed by atoms with Crippen LogP contribution in [0.4, 0.5) is 4.39 Å². The summed E-state index contributed by atoms with van der Waals surface area (Å²) in [5, 5.41) is 0. The zero-order valence-corrected chi connectivity index (χ0v) is 16.2. The number of nitrogens with two attached hydrogens (primary N) is 1. The number of likely N-dealkylation sites (N-methyl/N-ethyl adjacent to an activating group) is 1. The smallest absolute Gasteiger partial charge is 0.244 e. The highest BCUT2D eigenvalue weighted by Crippen LogP contribution is 2.18. The molecule has 0 spiro atoms. The van der Waals surface area contributed by atoms with E-state index in [1.165, 1.54) is 23.1 Å². The molecule has 1 unspecified atom stereocenters. The Kier molecular flexibility index (Phi) is 7.10. The van der Waals surface area contributed by atoms with Gasteiger partial charge >= 0.3 is 0 Å². The van der Waals surface area contributed by atoms with Gasteiger partial charge < -0.3 is 10.6 Å². The quantitative estimate of drug-likeness (QED) is 0.723. The molecule has 0 radical (unpaired) electrons. The fourth-order valence-corrected chi connectivity index (χ4v) is 3.80. The Morgan fingerprint density at radius 3 is 2.36 bits per heavy atom. The van der Waals surface area contributed by atoms with Crippen molar-refractivity contribution in [1.82, 2.24) is 9.62 Å². The van der Waals surface area contributed by atoms with Gasteiger partial charge in [-0.05, 0) is 30.0 Å². The predicted molar refractivity (Wildman–Crippen MR) is 95.8 cm³/mol. The lowest BCUT2D eigenvalue weighted by Crippen LogP contribution is -2.52. The maximum Gasteiger partial charge on any atom is 0.244 e. The van der Waals surface area contributed by atoms with E-state index in [1.807, 2.05) is 13.8 Å². The van der Waals surface area contributed by atoms with E-state index < -0.39 is 26.8 Å². The van der Waals surface area contributed by atoms with E-state index in [1.54, 1.807) is 20.9 Å². The summed E-state index contributed by atoms with van der Waals surface area (Å²) < 4.78 is 41.2. The van der Waals surface area contributed by atoms with Crippen molar-refractivity contribution < 1.29 is 17.6 Å². The van der Waals surface area contributed by atoms with Crippen LogP contribution in [-0.2, 0) is 14.8 Å². The molecule has 8 heteroatoms. The van der Waals surface area contributed by atoms with Crippen LogP contribution in [0, 0.1) is 17.2 Å². The standard InChI is InChI=1S/C17H28FN3O3S/c1-12(2)15(16(22)21(5)11-17(3,4)10-19)20-25(23,24)14-9-7-6-8-13(14)18/h6-9,12,15,20H,10-11,19H2,1-5H3. The zero-order valence-electron chi connectivity index (χ0n) is 15.4. The Bertz CT molecular complexity index is 705. The first kappa shape index (κ1) is 21.5. The van der Waals surface area contributed by atoms with Crippen LogP contribution >= 0.6 is 0 Å². The highest BCUT2D eigenvalue weighted by Gasteiger charge is 2.33. The van der Waals surface area contributed by atoms with Crippen LogP contribution in [0.3, 0.4) is 0 Å². The molecule has 0 aromatic heterocycles. The van der Waals surface area contributed by atoms with Crippen LogP contribution in [0.5, 0.6) is 0 Å². The van der Waals surface area contributed by atoms with E-state index in [-0.39, 0.29) is 17.2 Å².